The Morgan fingerprint density at radius 2 is 2.10 bits per heavy atom. The zero-order chi connectivity index (χ0) is 14.8. The second kappa shape index (κ2) is 6.51. The summed E-state index contributed by atoms with van der Waals surface area (Å²) in [5, 5.41) is 5.39. The Hall–Kier alpha value is -0.840. The summed E-state index contributed by atoms with van der Waals surface area (Å²) in [7, 11) is 0. The lowest BCUT2D eigenvalue weighted by Gasteiger charge is -2.14. The van der Waals surface area contributed by atoms with Crippen molar-refractivity contribution < 1.29 is 0 Å². The van der Waals surface area contributed by atoms with E-state index >= 15 is 0 Å². The van der Waals surface area contributed by atoms with Crippen LogP contribution in [0.5, 0.6) is 0 Å². The summed E-state index contributed by atoms with van der Waals surface area (Å²) in [4.78, 5) is 0. The molecule has 5 heteroatoms. The van der Waals surface area contributed by atoms with E-state index in [1.54, 1.807) is 0 Å². The monoisotopic (exact) mass is 367 g/mol. The van der Waals surface area contributed by atoms with E-state index in [4.69, 9.17) is 22.4 Å². The van der Waals surface area contributed by atoms with Crippen LogP contribution in [-0.2, 0) is 6.42 Å². The molecule has 1 aliphatic carbocycles. The minimum atomic E-state index is -0.137. The van der Waals surface area contributed by atoms with Gasteiger partial charge in [-0.3, -0.25) is 4.68 Å². The Morgan fingerprint density at radius 1 is 1.33 bits per heavy atom. The second-order valence-corrected chi connectivity index (χ2v) is 6.91. The average molecular weight is 369 g/mol. The Bertz CT molecular complexity index is 620. The van der Waals surface area contributed by atoms with Crippen molar-refractivity contribution in [1.82, 2.24) is 9.78 Å². The van der Waals surface area contributed by atoms with Gasteiger partial charge in [0, 0.05) is 23.1 Å². The highest BCUT2D eigenvalue weighted by Crippen LogP contribution is 2.31. The predicted octanol–water partition coefficient (Wildman–Crippen LogP) is 4.66. The van der Waals surface area contributed by atoms with Crippen molar-refractivity contribution in [2.45, 2.75) is 44.2 Å². The lowest BCUT2D eigenvalue weighted by atomic mass is 10.0. The Morgan fingerprint density at radius 3 is 2.86 bits per heavy atom. The summed E-state index contributed by atoms with van der Waals surface area (Å²) in [5.74, 6) is 0. The molecule has 0 radical (unpaired) electrons. The first-order chi connectivity index (χ1) is 10.1. The van der Waals surface area contributed by atoms with Crippen LogP contribution in [0.3, 0.4) is 0 Å². The molecule has 1 fully saturated rings. The smallest absolute Gasteiger partial charge is 0.0643 e. The first-order valence-electron chi connectivity index (χ1n) is 7.38. The van der Waals surface area contributed by atoms with E-state index in [9.17, 15) is 0 Å². The van der Waals surface area contributed by atoms with E-state index in [0.717, 1.165) is 15.7 Å². The maximum Gasteiger partial charge on any atom is 0.0643 e. The van der Waals surface area contributed by atoms with Gasteiger partial charge in [-0.25, -0.2) is 0 Å². The number of rotatable bonds is 4. The molecule has 0 saturated heterocycles. The molecule has 2 N–H and O–H groups in total. The number of hydrogen-bond donors (Lipinski definition) is 1. The minimum absolute atomic E-state index is 0.137. The average Bonchev–Trinajstić information content (AvgIpc) is 3.12. The van der Waals surface area contributed by atoms with Crippen molar-refractivity contribution in [2.75, 3.05) is 0 Å². The van der Waals surface area contributed by atoms with Crippen molar-refractivity contribution >= 4 is 27.5 Å². The molecular formula is C16H19BrClN3. The lowest BCUT2D eigenvalue weighted by molar-refractivity contribution is 0.461. The Labute approximate surface area is 138 Å². The van der Waals surface area contributed by atoms with E-state index in [2.05, 4.69) is 32.9 Å². The largest absolute Gasteiger partial charge is 0.324 e. The van der Waals surface area contributed by atoms with Crippen LogP contribution in [0.4, 0.5) is 0 Å². The Kier molecular flexibility index (Phi) is 4.67. The van der Waals surface area contributed by atoms with Crippen molar-refractivity contribution in [1.29, 1.82) is 0 Å². The summed E-state index contributed by atoms with van der Waals surface area (Å²) in [6.45, 7) is 0. The van der Waals surface area contributed by atoms with Gasteiger partial charge in [0.1, 0.15) is 0 Å². The summed E-state index contributed by atoms with van der Waals surface area (Å²) in [5.41, 5.74) is 8.30. The highest BCUT2D eigenvalue weighted by molar-refractivity contribution is 9.10. The third kappa shape index (κ3) is 3.33. The van der Waals surface area contributed by atoms with Gasteiger partial charge in [-0.15, -0.1) is 0 Å². The normalized spacial score (nSPS) is 17.3. The molecule has 1 aliphatic rings. The van der Waals surface area contributed by atoms with Crippen LogP contribution in [0.2, 0.25) is 5.02 Å². The molecule has 1 heterocycles. The van der Waals surface area contributed by atoms with Gasteiger partial charge >= 0.3 is 0 Å². The highest BCUT2D eigenvalue weighted by atomic mass is 79.9. The van der Waals surface area contributed by atoms with Gasteiger partial charge in [0.25, 0.3) is 0 Å². The van der Waals surface area contributed by atoms with E-state index in [1.807, 2.05) is 18.2 Å². The third-order valence-corrected chi connectivity index (χ3v) is 5.48. The van der Waals surface area contributed by atoms with E-state index < -0.39 is 0 Å². The number of benzene rings is 1. The van der Waals surface area contributed by atoms with Gasteiger partial charge in [0.2, 0.25) is 0 Å². The molecule has 3 rings (SSSR count). The number of hydrogen-bond acceptors (Lipinski definition) is 2. The molecule has 112 valence electrons. The lowest BCUT2D eigenvalue weighted by Crippen LogP contribution is -2.15. The first-order valence-corrected chi connectivity index (χ1v) is 8.56. The third-order valence-electron chi connectivity index (χ3n) is 4.17. The molecule has 0 amide bonds. The standard InChI is InChI=1S/C16H19BrClN3/c17-14-7-3-6-13(16(14)18)15(19)10-11-8-9-21(20-11)12-4-1-2-5-12/h3,6-9,12,15H,1-2,4-5,10,19H2. The van der Waals surface area contributed by atoms with Crippen LogP contribution >= 0.6 is 27.5 Å². The molecule has 0 spiro atoms. The second-order valence-electron chi connectivity index (χ2n) is 5.68. The van der Waals surface area contributed by atoms with Gasteiger partial charge in [-0.2, -0.15) is 5.10 Å². The molecule has 1 atom stereocenters. The van der Waals surface area contributed by atoms with E-state index in [1.165, 1.54) is 25.7 Å². The van der Waals surface area contributed by atoms with E-state index in [-0.39, 0.29) is 6.04 Å². The summed E-state index contributed by atoms with van der Waals surface area (Å²) >= 11 is 9.75. The number of aromatic nitrogens is 2. The summed E-state index contributed by atoms with van der Waals surface area (Å²) < 4.78 is 2.99. The van der Waals surface area contributed by atoms with Gasteiger partial charge < -0.3 is 5.73 Å². The molecule has 2 aromatic rings. The predicted molar refractivity (Wildman–Crippen MR) is 89.5 cm³/mol. The summed E-state index contributed by atoms with van der Waals surface area (Å²) in [6, 6.07) is 8.37. The zero-order valence-corrected chi connectivity index (χ0v) is 14.1. The van der Waals surface area contributed by atoms with Gasteiger partial charge in [-0.1, -0.05) is 36.6 Å². The van der Waals surface area contributed by atoms with Gasteiger partial charge in [0.05, 0.1) is 16.8 Å². The molecule has 1 aromatic heterocycles. The molecule has 1 aromatic carbocycles. The van der Waals surface area contributed by atoms with Gasteiger partial charge in [0.15, 0.2) is 0 Å². The van der Waals surface area contributed by atoms with Crippen LogP contribution in [0, 0.1) is 0 Å². The van der Waals surface area contributed by atoms with Crippen molar-refractivity contribution in [3.8, 4) is 0 Å². The van der Waals surface area contributed by atoms with Crippen molar-refractivity contribution in [2.24, 2.45) is 5.73 Å². The fraction of sp³-hybridized carbons (Fsp3) is 0.438. The van der Waals surface area contributed by atoms with E-state index in [0.29, 0.717) is 17.5 Å². The van der Waals surface area contributed by atoms with Gasteiger partial charge in [-0.05, 0) is 46.5 Å². The quantitative estimate of drug-likeness (QED) is 0.853. The number of nitrogens with zero attached hydrogens (tertiary/aromatic N) is 2. The van der Waals surface area contributed by atoms with Crippen LogP contribution in [0.1, 0.15) is 49.0 Å². The zero-order valence-electron chi connectivity index (χ0n) is 11.8. The maximum atomic E-state index is 6.31. The van der Waals surface area contributed by atoms with Crippen molar-refractivity contribution in [3.05, 3.63) is 51.2 Å². The number of nitrogens with two attached hydrogens (primary N) is 1. The van der Waals surface area contributed by atoms with Crippen LogP contribution in [-0.4, -0.2) is 9.78 Å². The molecule has 1 saturated carbocycles. The molecule has 3 nitrogen and oxygen atoms in total. The first kappa shape index (κ1) is 15.1. The van der Waals surface area contributed by atoms with Crippen LogP contribution in [0.25, 0.3) is 0 Å². The molecule has 1 unspecified atom stereocenters. The fourth-order valence-corrected chi connectivity index (χ4v) is 3.65. The SMILES string of the molecule is NC(Cc1ccn(C2CCCC2)n1)c1cccc(Br)c1Cl. The molecule has 0 aliphatic heterocycles. The topological polar surface area (TPSA) is 43.8 Å². The highest BCUT2D eigenvalue weighted by Gasteiger charge is 2.19. The molecule has 21 heavy (non-hydrogen) atoms. The summed E-state index contributed by atoms with van der Waals surface area (Å²) in [6.07, 6.45) is 7.89. The Balaban J connectivity index is 1.72. The number of halogens is 2. The van der Waals surface area contributed by atoms with Crippen LogP contribution < -0.4 is 5.73 Å². The van der Waals surface area contributed by atoms with Crippen LogP contribution in [0.15, 0.2) is 34.9 Å². The van der Waals surface area contributed by atoms with Crippen molar-refractivity contribution in [3.63, 3.8) is 0 Å². The minimum Gasteiger partial charge on any atom is -0.324 e. The maximum absolute atomic E-state index is 6.31. The molecule has 0 bridgehead atoms. The fourth-order valence-electron chi connectivity index (χ4n) is 3.00. The molecular weight excluding hydrogens is 350 g/mol.